The van der Waals surface area contributed by atoms with Gasteiger partial charge in [0.15, 0.2) is 0 Å². The number of amides is 1. The molecule has 7 rings (SSSR count). The van der Waals surface area contributed by atoms with Crippen molar-refractivity contribution in [3.8, 4) is 0 Å². The fourth-order valence-corrected chi connectivity index (χ4v) is 5.16. The summed E-state index contributed by atoms with van der Waals surface area (Å²) in [6.45, 7) is 2.47. The van der Waals surface area contributed by atoms with Gasteiger partial charge >= 0.3 is 0 Å². The van der Waals surface area contributed by atoms with Gasteiger partial charge in [-0.05, 0) is 42.8 Å². The molecular formula is C30H22N4O2. The summed E-state index contributed by atoms with van der Waals surface area (Å²) in [5.74, 6) is 0.654. The Morgan fingerprint density at radius 3 is 2.39 bits per heavy atom. The van der Waals surface area contributed by atoms with E-state index in [0.29, 0.717) is 18.4 Å². The van der Waals surface area contributed by atoms with E-state index in [9.17, 15) is 4.79 Å². The van der Waals surface area contributed by atoms with Crippen LogP contribution in [0.1, 0.15) is 22.3 Å². The van der Waals surface area contributed by atoms with E-state index in [1.165, 1.54) is 0 Å². The number of fused-ring (bicyclic) bond motifs is 6. The number of anilines is 1. The highest BCUT2D eigenvalue weighted by Crippen LogP contribution is 2.49. The average molecular weight is 471 g/mol. The molecule has 1 amide bonds. The number of carbonyl (C=O) groups excluding carboxylic acids is 1. The number of imidazole rings is 1. The molecular weight excluding hydrogens is 448 g/mol. The van der Waals surface area contributed by atoms with Gasteiger partial charge in [-0.1, -0.05) is 78.4 Å². The SMILES string of the molecule is Cc1ccc(C2=Nc3nc4ccccc4n3[C@]3(O2)C(=O)N(Cc2ccccc2)c2ccccc23)cc1. The third-order valence-electron chi connectivity index (χ3n) is 6.88. The molecule has 3 heterocycles. The molecule has 0 fully saturated rings. The predicted octanol–water partition coefficient (Wildman–Crippen LogP) is 5.70. The quantitative estimate of drug-likeness (QED) is 0.340. The van der Waals surface area contributed by atoms with Crippen LogP contribution in [0.15, 0.2) is 108 Å². The topological polar surface area (TPSA) is 59.7 Å². The molecule has 4 aromatic carbocycles. The minimum Gasteiger partial charge on any atom is -0.436 e. The Morgan fingerprint density at radius 2 is 1.56 bits per heavy atom. The van der Waals surface area contributed by atoms with E-state index in [4.69, 9.17) is 14.7 Å². The normalized spacial score (nSPS) is 18.2. The maximum absolute atomic E-state index is 14.6. The highest BCUT2D eigenvalue weighted by atomic mass is 16.5. The zero-order valence-corrected chi connectivity index (χ0v) is 19.6. The average Bonchev–Trinajstić information content (AvgIpc) is 3.40. The second-order valence-corrected chi connectivity index (χ2v) is 9.16. The van der Waals surface area contributed by atoms with Crippen LogP contribution < -0.4 is 4.90 Å². The number of carbonyl (C=O) groups is 1. The maximum Gasteiger partial charge on any atom is 0.299 e. The van der Waals surface area contributed by atoms with Gasteiger partial charge in [-0.2, -0.15) is 4.99 Å². The van der Waals surface area contributed by atoms with Gasteiger partial charge in [-0.15, -0.1) is 0 Å². The van der Waals surface area contributed by atoms with Crippen molar-refractivity contribution in [1.82, 2.24) is 9.55 Å². The molecule has 2 aliphatic heterocycles. The number of aromatic nitrogens is 2. The number of para-hydroxylation sites is 3. The van der Waals surface area contributed by atoms with Crippen molar-refractivity contribution in [3.63, 3.8) is 0 Å². The van der Waals surface area contributed by atoms with Gasteiger partial charge in [0.2, 0.25) is 11.8 Å². The number of ether oxygens (including phenoxy) is 1. The first kappa shape index (κ1) is 20.6. The molecule has 1 spiro atoms. The van der Waals surface area contributed by atoms with Crippen molar-refractivity contribution in [3.05, 3.63) is 125 Å². The number of hydrogen-bond acceptors (Lipinski definition) is 4. The number of aliphatic imine (C=N–C) groups is 1. The first-order valence-electron chi connectivity index (χ1n) is 11.9. The lowest BCUT2D eigenvalue weighted by Crippen LogP contribution is -2.50. The number of aryl methyl sites for hydroxylation is 1. The first-order chi connectivity index (χ1) is 17.6. The molecule has 2 aliphatic rings. The number of hydrogen-bond donors (Lipinski definition) is 0. The van der Waals surface area contributed by atoms with Crippen LogP contribution in [-0.2, 0) is 21.8 Å². The molecule has 0 N–H and O–H groups in total. The van der Waals surface area contributed by atoms with Gasteiger partial charge in [0.05, 0.1) is 28.8 Å². The molecule has 1 aromatic heterocycles. The molecule has 36 heavy (non-hydrogen) atoms. The van der Waals surface area contributed by atoms with E-state index in [1.807, 2.05) is 115 Å². The summed E-state index contributed by atoms with van der Waals surface area (Å²) >= 11 is 0. The summed E-state index contributed by atoms with van der Waals surface area (Å²) in [6, 6.07) is 33.6. The monoisotopic (exact) mass is 470 g/mol. The van der Waals surface area contributed by atoms with Gasteiger partial charge < -0.3 is 9.64 Å². The second-order valence-electron chi connectivity index (χ2n) is 9.16. The lowest BCUT2D eigenvalue weighted by Gasteiger charge is -2.35. The lowest BCUT2D eigenvalue weighted by molar-refractivity contribution is -0.137. The number of rotatable bonds is 3. The molecule has 0 radical (unpaired) electrons. The van der Waals surface area contributed by atoms with Crippen LogP contribution in [0.25, 0.3) is 11.0 Å². The van der Waals surface area contributed by atoms with Gasteiger partial charge in [-0.3, -0.25) is 9.36 Å². The zero-order chi connectivity index (χ0) is 24.3. The van der Waals surface area contributed by atoms with Crippen molar-refractivity contribution in [2.24, 2.45) is 4.99 Å². The summed E-state index contributed by atoms with van der Waals surface area (Å²) < 4.78 is 8.60. The fourth-order valence-electron chi connectivity index (χ4n) is 5.16. The highest BCUT2D eigenvalue weighted by Gasteiger charge is 2.58. The summed E-state index contributed by atoms with van der Waals surface area (Å²) in [5, 5.41) is 0. The maximum atomic E-state index is 14.6. The Bertz CT molecular complexity index is 1670. The molecule has 0 unspecified atom stereocenters. The second kappa shape index (κ2) is 7.65. The van der Waals surface area contributed by atoms with E-state index in [-0.39, 0.29) is 5.91 Å². The predicted molar refractivity (Wildman–Crippen MR) is 139 cm³/mol. The zero-order valence-electron chi connectivity index (χ0n) is 19.6. The van der Waals surface area contributed by atoms with E-state index in [1.54, 1.807) is 4.90 Å². The summed E-state index contributed by atoms with van der Waals surface area (Å²) in [6.07, 6.45) is 0. The Hall–Kier alpha value is -4.71. The minimum atomic E-state index is -1.46. The third-order valence-corrected chi connectivity index (χ3v) is 6.88. The van der Waals surface area contributed by atoms with Gasteiger partial charge in [0, 0.05) is 5.56 Å². The molecule has 6 heteroatoms. The van der Waals surface area contributed by atoms with Crippen molar-refractivity contribution in [2.45, 2.75) is 19.2 Å². The van der Waals surface area contributed by atoms with Crippen LogP contribution in [-0.4, -0.2) is 21.4 Å². The van der Waals surface area contributed by atoms with E-state index >= 15 is 0 Å². The largest absolute Gasteiger partial charge is 0.436 e. The van der Waals surface area contributed by atoms with Gasteiger partial charge in [-0.25, -0.2) is 4.98 Å². The van der Waals surface area contributed by atoms with Gasteiger partial charge in [0.25, 0.3) is 11.6 Å². The van der Waals surface area contributed by atoms with Crippen LogP contribution in [0.3, 0.4) is 0 Å². The number of benzene rings is 4. The fraction of sp³-hybridized carbons (Fsp3) is 0.100. The van der Waals surface area contributed by atoms with Crippen molar-refractivity contribution in [1.29, 1.82) is 0 Å². The highest BCUT2D eigenvalue weighted by molar-refractivity contribution is 6.11. The Kier molecular flexibility index (Phi) is 4.39. The van der Waals surface area contributed by atoms with Crippen LogP contribution in [0.2, 0.25) is 0 Å². The Morgan fingerprint density at radius 1 is 0.833 bits per heavy atom. The van der Waals surface area contributed by atoms with Crippen LogP contribution >= 0.6 is 0 Å². The summed E-state index contributed by atoms with van der Waals surface area (Å²) in [5.41, 5.74) is 4.66. The minimum absolute atomic E-state index is 0.170. The van der Waals surface area contributed by atoms with Crippen molar-refractivity contribution >= 4 is 34.5 Å². The lowest BCUT2D eigenvalue weighted by atomic mass is 10.0. The molecule has 1 atom stereocenters. The van der Waals surface area contributed by atoms with Crippen LogP contribution in [0, 0.1) is 6.92 Å². The summed E-state index contributed by atoms with van der Waals surface area (Å²) in [7, 11) is 0. The van der Waals surface area contributed by atoms with Crippen LogP contribution in [0.5, 0.6) is 0 Å². The molecule has 5 aromatic rings. The molecule has 6 nitrogen and oxygen atoms in total. The standard InChI is InChI=1S/C30H22N4O2/c1-20-15-17-22(18-16-20)27-32-29-31-24-12-6-8-14-26(24)34(29)30(36-27)23-11-5-7-13-25(23)33(28(30)35)19-21-9-3-2-4-10-21/h2-18H,19H2,1H3/t30-/m1/s1. The molecule has 174 valence electrons. The van der Waals surface area contributed by atoms with Crippen LogP contribution in [0.4, 0.5) is 11.6 Å². The van der Waals surface area contributed by atoms with E-state index < -0.39 is 5.72 Å². The Balaban J connectivity index is 1.49. The molecule has 0 saturated heterocycles. The van der Waals surface area contributed by atoms with Gasteiger partial charge in [0.1, 0.15) is 0 Å². The van der Waals surface area contributed by atoms with Crippen molar-refractivity contribution < 1.29 is 9.53 Å². The molecule has 0 aliphatic carbocycles. The molecule has 0 saturated carbocycles. The molecule has 0 bridgehead atoms. The summed E-state index contributed by atoms with van der Waals surface area (Å²) in [4.78, 5) is 26.0. The Labute approximate surface area is 208 Å². The number of nitrogens with zero attached hydrogens (tertiary/aromatic N) is 4. The smallest absolute Gasteiger partial charge is 0.299 e. The third kappa shape index (κ3) is 2.88. The van der Waals surface area contributed by atoms with Crippen molar-refractivity contribution in [2.75, 3.05) is 4.90 Å². The first-order valence-corrected chi connectivity index (χ1v) is 11.9. The van der Waals surface area contributed by atoms with E-state index in [0.717, 1.165) is 39.0 Å². The van der Waals surface area contributed by atoms with E-state index in [2.05, 4.69) is 0 Å².